The van der Waals surface area contributed by atoms with Gasteiger partial charge in [-0.25, -0.2) is 0 Å². The highest BCUT2D eigenvalue weighted by Gasteiger charge is 2.15. The van der Waals surface area contributed by atoms with E-state index in [2.05, 4.69) is 20.9 Å². The molecule has 0 amide bonds. The third-order valence-corrected chi connectivity index (χ3v) is 2.57. The van der Waals surface area contributed by atoms with Crippen LogP contribution in [0, 0.1) is 0 Å². The number of amidine groups is 1. The zero-order valence-electron chi connectivity index (χ0n) is 7.61. The van der Waals surface area contributed by atoms with Crippen molar-refractivity contribution in [2.45, 2.75) is 6.04 Å². The topological polar surface area (TPSA) is 47.6 Å². The maximum atomic E-state index is 5.61. The molecule has 74 valence electrons. The van der Waals surface area contributed by atoms with Crippen LogP contribution in [0.5, 0.6) is 0 Å². The van der Waals surface area contributed by atoms with Gasteiger partial charge >= 0.3 is 0 Å². The number of rotatable bonds is 1. The molecule has 0 saturated carbocycles. The van der Waals surface area contributed by atoms with E-state index in [1.54, 1.807) is 0 Å². The number of benzene rings is 1. The van der Waals surface area contributed by atoms with Crippen molar-refractivity contribution in [1.29, 1.82) is 0 Å². The maximum Gasteiger partial charge on any atom is 0.121 e. The predicted octanol–water partition coefficient (Wildman–Crippen LogP) is 1.88. The van der Waals surface area contributed by atoms with Crippen LogP contribution in [0.25, 0.3) is 0 Å². The zero-order chi connectivity index (χ0) is 9.97. The van der Waals surface area contributed by atoms with Crippen molar-refractivity contribution in [3.63, 3.8) is 0 Å². The molecule has 0 aliphatic carbocycles. The molecule has 1 aromatic rings. The van der Waals surface area contributed by atoms with Gasteiger partial charge in [-0.3, -0.25) is 4.99 Å². The van der Waals surface area contributed by atoms with Gasteiger partial charge in [0.2, 0.25) is 0 Å². The average Bonchev–Trinajstić information content (AvgIpc) is 2.18. The lowest BCUT2D eigenvalue weighted by molar-refractivity contribution is 0.143. The Morgan fingerprint density at radius 2 is 2.36 bits per heavy atom. The van der Waals surface area contributed by atoms with Gasteiger partial charge in [-0.2, -0.15) is 0 Å². The van der Waals surface area contributed by atoms with E-state index in [4.69, 9.17) is 10.5 Å². The van der Waals surface area contributed by atoms with Crippen molar-refractivity contribution in [2.24, 2.45) is 10.7 Å². The van der Waals surface area contributed by atoms with E-state index in [0.29, 0.717) is 19.0 Å². The molecule has 0 fully saturated rings. The Balaban J connectivity index is 2.26. The number of nitrogens with zero attached hydrogens (tertiary/aromatic N) is 1. The van der Waals surface area contributed by atoms with E-state index in [9.17, 15) is 0 Å². The summed E-state index contributed by atoms with van der Waals surface area (Å²) in [5.41, 5.74) is 6.74. The Bertz CT molecular complexity index is 365. The summed E-state index contributed by atoms with van der Waals surface area (Å²) >= 11 is 3.42. The molecule has 1 aromatic carbocycles. The van der Waals surface area contributed by atoms with Crippen molar-refractivity contribution in [1.82, 2.24) is 0 Å². The molecule has 0 unspecified atom stereocenters. The van der Waals surface area contributed by atoms with E-state index in [1.165, 1.54) is 0 Å². The van der Waals surface area contributed by atoms with E-state index in [0.717, 1.165) is 10.0 Å². The Hall–Kier alpha value is -0.870. The molecule has 0 aromatic heterocycles. The smallest absolute Gasteiger partial charge is 0.121 e. The highest BCUT2D eigenvalue weighted by Crippen LogP contribution is 2.23. The summed E-state index contributed by atoms with van der Waals surface area (Å²) in [4.78, 5) is 4.34. The second-order valence-electron chi connectivity index (χ2n) is 3.21. The minimum Gasteiger partial charge on any atom is -0.386 e. The molecule has 2 rings (SSSR count). The molecule has 0 radical (unpaired) electrons. The van der Waals surface area contributed by atoms with Crippen LogP contribution in [0.3, 0.4) is 0 Å². The Kier molecular flexibility index (Phi) is 2.84. The summed E-state index contributed by atoms with van der Waals surface area (Å²) in [6, 6.07) is 8.08. The van der Waals surface area contributed by atoms with E-state index in [1.807, 2.05) is 24.3 Å². The van der Waals surface area contributed by atoms with Crippen molar-refractivity contribution >= 4 is 21.8 Å². The van der Waals surface area contributed by atoms with E-state index >= 15 is 0 Å². The third-order valence-electron chi connectivity index (χ3n) is 2.08. The molecule has 1 aliphatic rings. The van der Waals surface area contributed by atoms with Crippen LogP contribution in [0.1, 0.15) is 11.6 Å². The van der Waals surface area contributed by atoms with Crippen LogP contribution >= 0.6 is 15.9 Å². The number of nitrogens with two attached hydrogens (primary N) is 1. The second-order valence-corrected chi connectivity index (χ2v) is 4.12. The molecule has 0 bridgehead atoms. The molecule has 1 atom stereocenters. The normalized spacial score (nSPS) is 21.8. The van der Waals surface area contributed by atoms with Crippen molar-refractivity contribution in [2.75, 3.05) is 13.2 Å². The average molecular weight is 255 g/mol. The second kappa shape index (κ2) is 4.11. The number of aliphatic imine (C=N–C) groups is 1. The summed E-state index contributed by atoms with van der Waals surface area (Å²) in [6.45, 7) is 1.06. The van der Waals surface area contributed by atoms with E-state index in [-0.39, 0.29) is 6.04 Å². The first kappa shape index (κ1) is 9.68. The first-order valence-corrected chi connectivity index (χ1v) is 5.20. The lowest BCUT2D eigenvalue weighted by Crippen LogP contribution is -2.27. The molecule has 4 heteroatoms. The standard InChI is InChI=1S/C10H11BrN2O/c11-8-3-1-2-7(4-8)9-5-14-6-10(12)13-9/h1-4,9H,5-6H2,(H2,12,13)/t9-/m0/s1. The minimum atomic E-state index is 0.0428. The summed E-state index contributed by atoms with van der Waals surface area (Å²) < 4.78 is 6.37. The van der Waals surface area contributed by atoms with Crippen LogP contribution in [0.4, 0.5) is 0 Å². The SMILES string of the molecule is NC1=N[C@H](c2cccc(Br)c2)COC1. The van der Waals surface area contributed by atoms with Gasteiger partial charge < -0.3 is 10.5 Å². The molecular weight excluding hydrogens is 244 g/mol. The van der Waals surface area contributed by atoms with Crippen LogP contribution in [0.2, 0.25) is 0 Å². The monoisotopic (exact) mass is 254 g/mol. The van der Waals surface area contributed by atoms with Crippen LogP contribution in [-0.2, 0) is 4.74 Å². The molecule has 1 aliphatic heterocycles. The van der Waals surface area contributed by atoms with Gasteiger partial charge in [-0.1, -0.05) is 28.1 Å². The van der Waals surface area contributed by atoms with Crippen molar-refractivity contribution in [3.05, 3.63) is 34.3 Å². The van der Waals surface area contributed by atoms with Gasteiger partial charge in [0.05, 0.1) is 6.61 Å². The first-order valence-electron chi connectivity index (χ1n) is 4.41. The number of hydrogen-bond donors (Lipinski definition) is 1. The van der Waals surface area contributed by atoms with Gasteiger partial charge in [0.25, 0.3) is 0 Å². The van der Waals surface area contributed by atoms with E-state index < -0.39 is 0 Å². The number of ether oxygens (including phenoxy) is 1. The first-order chi connectivity index (χ1) is 6.75. The zero-order valence-corrected chi connectivity index (χ0v) is 9.20. The highest BCUT2D eigenvalue weighted by molar-refractivity contribution is 9.10. The summed E-state index contributed by atoms with van der Waals surface area (Å²) in [7, 11) is 0. The predicted molar refractivity (Wildman–Crippen MR) is 59.3 cm³/mol. The summed E-state index contributed by atoms with van der Waals surface area (Å²) in [5, 5.41) is 0. The number of hydrogen-bond acceptors (Lipinski definition) is 3. The lowest BCUT2D eigenvalue weighted by atomic mass is 10.1. The molecule has 2 N–H and O–H groups in total. The largest absolute Gasteiger partial charge is 0.386 e. The van der Waals surface area contributed by atoms with Gasteiger partial charge in [-0.15, -0.1) is 0 Å². The van der Waals surface area contributed by atoms with Gasteiger partial charge in [0.1, 0.15) is 18.5 Å². The van der Waals surface area contributed by atoms with Gasteiger partial charge in [-0.05, 0) is 17.7 Å². The fraction of sp³-hybridized carbons (Fsp3) is 0.300. The molecule has 3 nitrogen and oxygen atoms in total. The van der Waals surface area contributed by atoms with Crippen LogP contribution < -0.4 is 5.73 Å². The Morgan fingerprint density at radius 3 is 3.07 bits per heavy atom. The highest BCUT2D eigenvalue weighted by atomic mass is 79.9. The minimum absolute atomic E-state index is 0.0428. The molecule has 14 heavy (non-hydrogen) atoms. The molecular formula is C10H11BrN2O. The Morgan fingerprint density at radius 1 is 1.50 bits per heavy atom. The fourth-order valence-corrected chi connectivity index (χ4v) is 1.85. The van der Waals surface area contributed by atoms with Crippen LogP contribution in [0.15, 0.2) is 33.7 Å². The third kappa shape index (κ3) is 2.13. The number of halogens is 1. The van der Waals surface area contributed by atoms with Crippen molar-refractivity contribution < 1.29 is 4.74 Å². The molecule has 0 saturated heterocycles. The van der Waals surface area contributed by atoms with Gasteiger partial charge in [0, 0.05) is 4.47 Å². The molecule has 1 heterocycles. The maximum absolute atomic E-state index is 5.61. The fourth-order valence-electron chi connectivity index (χ4n) is 1.43. The quantitative estimate of drug-likeness (QED) is 0.832. The lowest BCUT2D eigenvalue weighted by Gasteiger charge is -2.19. The Labute approximate surface area is 91.1 Å². The summed E-state index contributed by atoms with van der Waals surface area (Å²) in [6.07, 6.45) is 0. The van der Waals surface area contributed by atoms with Crippen LogP contribution in [-0.4, -0.2) is 19.0 Å². The molecule has 0 spiro atoms. The van der Waals surface area contributed by atoms with Gasteiger partial charge in [0.15, 0.2) is 0 Å². The summed E-state index contributed by atoms with van der Waals surface area (Å²) in [5.74, 6) is 0.571. The van der Waals surface area contributed by atoms with Crippen molar-refractivity contribution in [3.8, 4) is 0 Å².